The molecule has 34 heavy (non-hydrogen) atoms. The number of nitrogens with one attached hydrogen (secondary N) is 2. The number of alkyl halides is 3. The summed E-state index contributed by atoms with van der Waals surface area (Å²) >= 11 is 10.7. The molecule has 2 aliphatic rings. The van der Waals surface area contributed by atoms with Crippen molar-refractivity contribution < 1.29 is 22.7 Å². The van der Waals surface area contributed by atoms with E-state index in [-0.39, 0.29) is 22.9 Å². The Kier molecular flexibility index (Phi) is 6.38. The third kappa shape index (κ3) is 4.46. The van der Waals surface area contributed by atoms with Gasteiger partial charge in [0.25, 0.3) is 5.91 Å². The van der Waals surface area contributed by atoms with Crippen LogP contribution in [-0.4, -0.2) is 41.4 Å². The van der Waals surface area contributed by atoms with Crippen LogP contribution in [0.4, 0.5) is 13.2 Å². The average Bonchev–Trinajstić information content (AvgIpc) is 3.32. The number of benzene rings is 1. The lowest BCUT2D eigenvalue weighted by molar-refractivity contribution is -0.137. The molecular formula is C22H19BrClF3N4O2S. The van der Waals surface area contributed by atoms with Gasteiger partial charge in [0.2, 0.25) is 0 Å². The summed E-state index contributed by atoms with van der Waals surface area (Å²) in [6.07, 6.45) is -2.14. The number of carbonyl (C=O) groups is 1. The molecule has 1 amide bonds. The van der Waals surface area contributed by atoms with Crippen molar-refractivity contribution in [3.63, 3.8) is 0 Å². The zero-order chi connectivity index (χ0) is 24.0. The second-order valence-corrected chi connectivity index (χ2v) is 10.4. The van der Waals surface area contributed by atoms with Gasteiger partial charge in [0, 0.05) is 18.5 Å². The van der Waals surface area contributed by atoms with Gasteiger partial charge in [-0.2, -0.15) is 18.3 Å². The highest BCUT2D eigenvalue weighted by Gasteiger charge is 2.35. The molecule has 3 aromatic rings. The predicted molar refractivity (Wildman–Crippen MR) is 127 cm³/mol. The molecule has 0 bridgehead atoms. The Hall–Kier alpha value is -2.08. The molecule has 0 unspecified atom stereocenters. The molecule has 1 aromatic carbocycles. The summed E-state index contributed by atoms with van der Waals surface area (Å²) < 4.78 is 47.8. The van der Waals surface area contributed by atoms with Crippen molar-refractivity contribution in [2.24, 2.45) is 0 Å². The second kappa shape index (κ2) is 9.18. The minimum atomic E-state index is -4.51. The topological polar surface area (TPSA) is 68.2 Å². The molecule has 0 radical (unpaired) electrons. The minimum absolute atomic E-state index is 0.172. The zero-order valence-electron chi connectivity index (χ0n) is 17.6. The number of fused-ring (bicyclic) bond motifs is 3. The van der Waals surface area contributed by atoms with E-state index in [4.69, 9.17) is 16.3 Å². The number of rotatable bonds is 3. The molecule has 0 spiro atoms. The summed E-state index contributed by atoms with van der Waals surface area (Å²) in [7, 11) is 0. The highest BCUT2D eigenvalue weighted by Crippen LogP contribution is 2.43. The monoisotopic (exact) mass is 574 g/mol. The summed E-state index contributed by atoms with van der Waals surface area (Å²) in [5.74, 6) is -0.435. The van der Waals surface area contributed by atoms with Crippen LogP contribution in [-0.2, 0) is 12.7 Å². The molecule has 2 aliphatic heterocycles. The summed E-state index contributed by atoms with van der Waals surface area (Å²) in [6.45, 7) is 2.23. The number of nitrogens with zero attached hydrogens (tertiary/aromatic N) is 2. The van der Waals surface area contributed by atoms with E-state index in [0.29, 0.717) is 48.2 Å². The standard InChI is InChI=1S/C22H19BrClF3N4O2S/c23-15-9-29-31-5-6-33-21-13(19(15)31)8-18(34-21)20(32)30-17-10-28-4-3-12(17)11-1-2-14(16(24)7-11)22(25,26)27/h1-2,7-9,12,17,28H,3-6,10H2,(H,30,32)/t12-,17+/m0/s1. The van der Waals surface area contributed by atoms with Crippen molar-refractivity contribution >= 4 is 44.8 Å². The van der Waals surface area contributed by atoms with E-state index in [2.05, 4.69) is 31.7 Å². The quantitative estimate of drug-likeness (QED) is 0.444. The van der Waals surface area contributed by atoms with Crippen LogP contribution < -0.4 is 15.4 Å². The van der Waals surface area contributed by atoms with E-state index in [1.165, 1.54) is 23.5 Å². The maximum Gasteiger partial charge on any atom is 0.417 e. The fourth-order valence-electron chi connectivity index (χ4n) is 4.42. The van der Waals surface area contributed by atoms with E-state index in [0.717, 1.165) is 21.8 Å². The fraction of sp³-hybridized carbons (Fsp3) is 0.364. The Morgan fingerprint density at radius 3 is 2.94 bits per heavy atom. The van der Waals surface area contributed by atoms with Crippen LogP contribution in [0.1, 0.15) is 33.1 Å². The van der Waals surface area contributed by atoms with Crippen LogP contribution in [0.3, 0.4) is 0 Å². The van der Waals surface area contributed by atoms with Crippen molar-refractivity contribution in [3.8, 4) is 16.3 Å². The molecule has 4 heterocycles. The molecule has 6 nitrogen and oxygen atoms in total. The summed E-state index contributed by atoms with van der Waals surface area (Å²) in [4.78, 5) is 13.7. The first kappa shape index (κ1) is 23.7. The summed E-state index contributed by atoms with van der Waals surface area (Å²) in [6, 6.07) is 5.30. The van der Waals surface area contributed by atoms with Crippen LogP contribution >= 0.6 is 38.9 Å². The van der Waals surface area contributed by atoms with Crippen LogP contribution in [0.25, 0.3) is 11.3 Å². The van der Waals surface area contributed by atoms with Gasteiger partial charge >= 0.3 is 6.18 Å². The van der Waals surface area contributed by atoms with E-state index in [1.807, 2.05) is 4.68 Å². The first-order valence-electron chi connectivity index (χ1n) is 10.6. The Balaban J connectivity index is 1.39. The van der Waals surface area contributed by atoms with Crippen molar-refractivity contribution in [2.75, 3.05) is 19.7 Å². The van der Waals surface area contributed by atoms with Gasteiger partial charge in [-0.3, -0.25) is 9.48 Å². The smallest absolute Gasteiger partial charge is 0.417 e. The average molecular weight is 576 g/mol. The number of hydrogen-bond acceptors (Lipinski definition) is 5. The molecular weight excluding hydrogens is 557 g/mol. The van der Waals surface area contributed by atoms with Gasteiger partial charge in [0.15, 0.2) is 5.06 Å². The predicted octanol–water partition coefficient (Wildman–Crippen LogP) is 5.31. The second-order valence-electron chi connectivity index (χ2n) is 8.14. The molecule has 2 atom stereocenters. The third-order valence-electron chi connectivity index (χ3n) is 6.03. The van der Waals surface area contributed by atoms with E-state index < -0.39 is 11.7 Å². The Morgan fingerprint density at radius 2 is 2.18 bits per heavy atom. The molecule has 12 heteroatoms. The van der Waals surface area contributed by atoms with Crippen LogP contribution in [0, 0.1) is 0 Å². The van der Waals surface area contributed by atoms with E-state index in [1.54, 1.807) is 12.3 Å². The Bertz CT molecular complexity index is 1250. The molecule has 1 fully saturated rings. The zero-order valence-corrected chi connectivity index (χ0v) is 20.7. The maximum atomic E-state index is 13.2. The summed E-state index contributed by atoms with van der Waals surface area (Å²) in [5, 5.41) is 11.0. The van der Waals surface area contributed by atoms with Crippen molar-refractivity contribution in [1.82, 2.24) is 20.4 Å². The number of aromatic nitrogens is 2. The van der Waals surface area contributed by atoms with E-state index in [9.17, 15) is 18.0 Å². The largest absolute Gasteiger partial charge is 0.481 e. The lowest BCUT2D eigenvalue weighted by atomic mass is 9.85. The Labute approximate surface area is 210 Å². The van der Waals surface area contributed by atoms with Gasteiger partial charge in [0.05, 0.1) is 43.9 Å². The summed E-state index contributed by atoms with van der Waals surface area (Å²) in [5.41, 5.74) is 1.46. The van der Waals surface area contributed by atoms with Crippen LogP contribution in [0.2, 0.25) is 5.02 Å². The molecule has 180 valence electrons. The SMILES string of the molecule is O=C(N[C@@H]1CNCC[C@H]1c1ccc(C(F)(F)F)c(Cl)c1)c1cc2c(s1)OCCn1ncc(Br)c1-2. The van der Waals surface area contributed by atoms with Gasteiger partial charge in [-0.1, -0.05) is 29.0 Å². The number of piperidine rings is 1. The van der Waals surface area contributed by atoms with E-state index >= 15 is 0 Å². The third-order valence-corrected chi connectivity index (χ3v) is 7.97. The number of thiophene rings is 1. The number of amides is 1. The minimum Gasteiger partial charge on any atom is -0.481 e. The molecule has 1 saturated heterocycles. The van der Waals surface area contributed by atoms with Gasteiger partial charge in [-0.15, -0.1) is 0 Å². The molecule has 2 N–H and O–H groups in total. The lowest BCUT2D eigenvalue weighted by Crippen LogP contribution is -2.49. The number of carbonyl (C=O) groups excluding carboxylic acids is 1. The van der Waals surface area contributed by atoms with Gasteiger partial charge in [0.1, 0.15) is 6.61 Å². The number of ether oxygens (including phenoxy) is 1. The number of hydrogen-bond donors (Lipinski definition) is 2. The van der Waals surface area contributed by atoms with Crippen molar-refractivity contribution in [2.45, 2.75) is 31.1 Å². The van der Waals surface area contributed by atoms with Crippen LogP contribution in [0.5, 0.6) is 5.06 Å². The van der Waals surface area contributed by atoms with Gasteiger partial charge < -0.3 is 15.4 Å². The first-order valence-corrected chi connectivity index (χ1v) is 12.6. The fourth-order valence-corrected chi connectivity index (χ4v) is 6.17. The van der Waals surface area contributed by atoms with Gasteiger partial charge in [-0.25, -0.2) is 0 Å². The number of halogens is 5. The highest BCUT2D eigenvalue weighted by atomic mass is 79.9. The first-order chi connectivity index (χ1) is 16.2. The van der Waals surface area contributed by atoms with Crippen molar-refractivity contribution in [1.29, 1.82) is 0 Å². The van der Waals surface area contributed by atoms with Gasteiger partial charge in [-0.05, 0) is 52.7 Å². The lowest BCUT2D eigenvalue weighted by Gasteiger charge is -2.33. The molecule has 0 saturated carbocycles. The molecule has 2 aromatic heterocycles. The van der Waals surface area contributed by atoms with Crippen LogP contribution in [0.15, 0.2) is 34.9 Å². The van der Waals surface area contributed by atoms with Crippen molar-refractivity contribution in [3.05, 3.63) is 56.0 Å². The molecule has 0 aliphatic carbocycles. The normalized spacial score (nSPS) is 20.1. The highest BCUT2D eigenvalue weighted by molar-refractivity contribution is 9.10. The molecule has 5 rings (SSSR count). The maximum absolute atomic E-state index is 13.2. The Morgan fingerprint density at radius 1 is 1.35 bits per heavy atom.